The lowest BCUT2D eigenvalue weighted by Gasteiger charge is -2.17. The summed E-state index contributed by atoms with van der Waals surface area (Å²) < 4.78 is 2.88. The molecular weight excluding hydrogens is 292 g/mol. The smallest absolute Gasteiger partial charge is 0.0669 e. The van der Waals surface area contributed by atoms with Crippen LogP contribution in [-0.4, -0.2) is 16.3 Å². The van der Waals surface area contributed by atoms with Crippen LogP contribution in [0.4, 0.5) is 5.69 Å². The Bertz CT molecular complexity index is 518. The minimum absolute atomic E-state index is 0.0832. The Morgan fingerprint density at radius 3 is 2.56 bits per heavy atom. The SMILES string of the molecule is Cc1nn(C)cc1C(CN)Nc1ccc(Br)cc1. The first-order valence-electron chi connectivity index (χ1n) is 5.82. The van der Waals surface area contributed by atoms with E-state index in [-0.39, 0.29) is 6.04 Å². The zero-order chi connectivity index (χ0) is 13.1. The largest absolute Gasteiger partial charge is 0.377 e. The molecule has 96 valence electrons. The van der Waals surface area contributed by atoms with Crippen molar-refractivity contribution in [3.63, 3.8) is 0 Å². The summed E-state index contributed by atoms with van der Waals surface area (Å²) in [7, 11) is 1.92. The van der Waals surface area contributed by atoms with E-state index in [2.05, 4.69) is 26.3 Å². The zero-order valence-corrected chi connectivity index (χ0v) is 12.1. The van der Waals surface area contributed by atoms with Crippen LogP contribution >= 0.6 is 15.9 Å². The second kappa shape index (κ2) is 5.54. The van der Waals surface area contributed by atoms with Gasteiger partial charge in [0.15, 0.2) is 0 Å². The molecule has 0 aliphatic heterocycles. The molecule has 0 saturated carbocycles. The van der Waals surface area contributed by atoms with Crippen molar-refractivity contribution in [2.45, 2.75) is 13.0 Å². The number of hydrogen-bond acceptors (Lipinski definition) is 3. The van der Waals surface area contributed by atoms with E-state index in [4.69, 9.17) is 5.73 Å². The van der Waals surface area contributed by atoms with Gasteiger partial charge in [-0.15, -0.1) is 0 Å². The van der Waals surface area contributed by atoms with Crippen LogP contribution in [0.2, 0.25) is 0 Å². The minimum atomic E-state index is 0.0832. The fourth-order valence-electron chi connectivity index (χ4n) is 1.97. The summed E-state index contributed by atoms with van der Waals surface area (Å²) >= 11 is 3.42. The first kappa shape index (κ1) is 13.1. The summed E-state index contributed by atoms with van der Waals surface area (Å²) in [6, 6.07) is 8.15. The molecule has 2 rings (SSSR count). The molecule has 2 aromatic rings. The monoisotopic (exact) mass is 308 g/mol. The van der Waals surface area contributed by atoms with Gasteiger partial charge in [-0.25, -0.2) is 0 Å². The number of benzene rings is 1. The second-order valence-electron chi connectivity index (χ2n) is 4.28. The molecule has 1 aromatic carbocycles. The summed E-state index contributed by atoms with van der Waals surface area (Å²) in [5, 5.41) is 7.78. The van der Waals surface area contributed by atoms with Gasteiger partial charge in [0, 0.05) is 35.5 Å². The Morgan fingerprint density at radius 2 is 2.06 bits per heavy atom. The van der Waals surface area contributed by atoms with Gasteiger partial charge in [0.1, 0.15) is 0 Å². The molecule has 1 aromatic heterocycles. The number of halogens is 1. The molecule has 1 unspecified atom stereocenters. The first-order valence-corrected chi connectivity index (χ1v) is 6.61. The highest BCUT2D eigenvalue weighted by atomic mass is 79.9. The molecule has 1 atom stereocenters. The molecule has 18 heavy (non-hydrogen) atoms. The zero-order valence-electron chi connectivity index (χ0n) is 10.5. The van der Waals surface area contributed by atoms with Crippen molar-refractivity contribution in [3.05, 3.63) is 46.2 Å². The lowest BCUT2D eigenvalue weighted by Crippen LogP contribution is -2.20. The molecule has 0 aliphatic carbocycles. The van der Waals surface area contributed by atoms with Crippen LogP contribution in [0.5, 0.6) is 0 Å². The van der Waals surface area contributed by atoms with Crippen LogP contribution < -0.4 is 11.1 Å². The van der Waals surface area contributed by atoms with Gasteiger partial charge in [-0.2, -0.15) is 5.10 Å². The number of hydrogen-bond donors (Lipinski definition) is 2. The average molecular weight is 309 g/mol. The Kier molecular flexibility index (Phi) is 4.04. The fourth-order valence-corrected chi connectivity index (χ4v) is 2.24. The summed E-state index contributed by atoms with van der Waals surface area (Å²) in [6.07, 6.45) is 2.01. The van der Waals surface area contributed by atoms with Crippen LogP contribution in [0.3, 0.4) is 0 Å². The molecule has 3 N–H and O–H groups in total. The number of nitrogens with two attached hydrogens (primary N) is 1. The maximum absolute atomic E-state index is 5.85. The van der Waals surface area contributed by atoms with Gasteiger partial charge < -0.3 is 11.1 Å². The summed E-state index contributed by atoms with van der Waals surface area (Å²) in [6.45, 7) is 2.53. The van der Waals surface area contributed by atoms with Crippen LogP contribution in [0, 0.1) is 6.92 Å². The molecule has 0 saturated heterocycles. The Labute approximate surface area is 115 Å². The maximum Gasteiger partial charge on any atom is 0.0669 e. The number of anilines is 1. The van der Waals surface area contributed by atoms with E-state index in [0.717, 1.165) is 21.4 Å². The van der Waals surface area contributed by atoms with Crippen molar-refractivity contribution in [2.75, 3.05) is 11.9 Å². The van der Waals surface area contributed by atoms with Gasteiger partial charge in [0.25, 0.3) is 0 Å². The lowest BCUT2D eigenvalue weighted by molar-refractivity contribution is 0.754. The number of rotatable bonds is 4. The van der Waals surface area contributed by atoms with E-state index in [1.165, 1.54) is 0 Å². The average Bonchev–Trinajstić information content (AvgIpc) is 2.68. The lowest BCUT2D eigenvalue weighted by atomic mass is 10.1. The van der Waals surface area contributed by atoms with Crippen LogP contribution in [0.25, 0.3) is 0 Å². The predicted molar refractivity (Wildman–Crippen MR) is 77.5 cm³/mol. The van der Waals surface area contributed by atoms with Gasteiger partial charge >= 0.3 is 0 Å². The molecule has 1 heterocycles. The highest BCUT2D eigenvalue weighted by Gasteiger charge is 2.14. The molecule has 5 heteroatoms. The van der Waals surface area contributed by atoms with E-state index in [0.29, 0.717) is 6.54 Å². The van der Waals surface area contributed by atoms with E-state index in [9.17, 15) is 0 Å². The second-order valence-corrected chi connectivity index (χ2v) is 5.20. The van der Waals surface area contributed by atoms with E-state index in [1.807, 2.05) is 49.1 Å². The molecule has 0 radical (unpaired) electrons. The standard InChI is InChI=1S/C13H17BrN4/c1-9-12(8-18(2)17-9)13(7-15)16-11-5-3-10(14)4-6-11/h3-6,8,13,16H,7,15H2,1-2H3. The third-order valence-corrected chi connectivity index (χ3v) is 3.38. The molecular formula is C13H17BrN4. The third-order valence-electron chi connectivity index (χ3n) is 2.85. The summed E-state index contributed by atoms with van der Waals surface area (Å²) in [5.74, 6) is 0. The molecule has 0 aliphatic rings. The van der Waals surface area contributed by atoms with Gasteiger partial charge in [0.2, 0.25) is 0 Å². The molecule has 0 fully saturated rings. The molecule has 0 spiro atoms. The van der Waals surface area contributed by atoms with Crippen LogP contribution in [0.15, 0.2) is 34.9 Å². The number of aromatic nitrogens is 2. The highest BCUT2D eigenvalue weighted by Crippen LogP contribution is 2.22. The van der Waals surface area contributed by atoms with Crippen LogP contribution in [0.1, 0.15) is 17.3 Å². The number of nitrogens with one attached hydrogen (secondary N) is 1. The predicted octanol–water partition coefficient (Wildman–Crippen LogP) is 2.60. The van der Waals surface area contributed by atoms with Gasteiger partial charge in [-0.1, -0.05) is 15.9 Å². The minimum Gasteiger partial charge on any atom is -0.377 e. The van der Waals surface area contributed by atoms with Crippen LogP contribution in [-0.2, 0) is 7.05 Å². The van der Waals surface area contributed by atoms with Crippen molar-refractivity contribution in [1.29, 1.82) is 0 Å². The van der Waals surface area contributed by atoms with Crippen molar-refractivity contribution in [1.82, 2.24) is 9.78 Å². The van der Waals surface area contributed by atoms with Gasteiger partial charge in [-0.3, -0.25) is 4.68 Å². The van der Waals surface area contributed by atoms with Gasteiger partial charge in [0.05, 0.1) is 11.7 Å². The Hall–Kier alpha value is -1.33. The van der Waals surface area contributed by atoms with Crippen molar-refractivity contribution >= 4 is 21.6 Å². The summed E-state index contributed by atoms with van der Waals surface area (Å²) in [5.41, 5.74) is 9.06. The first-order chi connectivity index (χ1) is 8.60. The Morgan fingerprint density at radius 1 is 1.39 bits per heavy atom. The van der Waals surface area contributed by atoms with Crippen molar-refractivity contribution in [2.24, 2.45) is 12.8 Å². The molecule has 4 nitrogen and oxygen atoms in total. The van der Waals surface area contributed by atoms with E-state index in [1.54, 1.807) is 0 Å². The molecule has 0 amide bonds. The summed E-state index contributed by atoms with van der Waals surface area (Å²) in [4.78, 5) is 0. The maximum atomic E-state index is 5.85. The Balaban J connectivity index is 2.19. The quantitative estimate of drug-likeness (QED) is 0.913. The van der Waals surface area contributed by atoms with E-state index < -0.39 is 0 Å². The third kappa shape index (κ3) is 2.91. The normalized spacial score (nSPS) is 12.4. The van der Waals surface area contributed by atoms with E-state index >= 15 is 0 Å². The highest BCUT2D eigenvalue weighted by molar-refractivity contribution is 9.10. The number of nitrogens with zero attached hydrogens (tertiary/aromatic N) is 2. The molecule has 0 bridgehead atoms. The van der Waals surface area contributed by atoms with Crippen molar-refractivity contribution < 1.29 is 0 Å². The van der Waals surface area contributed by atoms with Crippen molar-refractivity contribution in [3.8, 4) is 0 Å². The van der Waals surface area contributed by atoms with Gasteiger partial charge in [-0.05, 0) is 31.2 Å². The number of aryl methyl sites for hydroxylation is 2. The fraction of sp³-hybridized carbons (Fsp3) is 0.308. The topological polar surface area (TPSA) is 55.9 Å².